The molecular weight excluding hydrogens is 481 g/mol. The number of hydrogen-bond acceptors (Lipinski definition) is 5. The number of carboxylic acid groups (broad SMARTS) is 1. The minimum absolute atomic E-state index is 0.0106. The number of ketones is 1. The number of halogens is 2. The van der Waals surface area contributed by atoms with E-state index in [0.717, 1.165) is 23.3 Å². The van der Waals surface area contributed by atoms with Crippen LogP contribution in [0, 0.1) is 11.8 Å². The Hall–Kier alpha value is -1.87. The molecule has 0 bridgehead atoms. The first kappa shape index (κ1) is 25.2. The van der Waals surface area contributed by atoms with E-state index in [1.807, 2.05) is 4.90 Å². The first-order valence-corrected chi connectivity index (χ1v) is 12.5. The predicted molar refractivity (Wildman–Crippen MR) is 128 cm³/mol. The lowest BCUT2D eigenvalue weighted by molar-refractivity contribution is -0.143. The second-order valence-corrected chi connectivity index (χ2v) is 10.3. The first-order chi connectivity index (χ1) is 16.3. The maximum atomic E-state index is 14.1. The van der Waals surface area contributed by atoms with E-state index < -0.39 is 17.6 Å². The lowest BCUT2D eigenvalue weighted by Gasteiger charge is -2.44. The number of ether oxygens (including phenoxy) is 1. The molecule has 0 aromatic heterocycles. The summed E-state index contributed by atoms with van der Waals surface area (Å²) in [5.74, 6) is -0.702. The summed E-state index contributed by atoms with van der Waals surface area (Å²) in [5.41, 5.74) is -0.492. The zero-order chi connectivity index (χ0) is 24.5. The minimum Gasteiger partial charge on any atom is -0.465 e. The van der Waals surface area contributed by atoms with Crippen LogP contribution in [0.2, 0.25) is 10.0 Å². The molecule has 1 aromatic carbocycles. The Labute approximate surface area is 209 Å². The van der Waals surface area contributed by atoms with Gasteiger partial charge >= 0.3 is 6.09 Å². The lowest BCUT2D eigenvalue weighted by atomic mass is 9.72. The molecule has 8 nitrogen and oxygen atoms in total. The van der Waals surface area contributed by atoms with E-state index in [1.54, 1.807) is 18.2 Å². The van der Waals surface area contributed by atoms with Gasteiger partial charge in [-0.1, -0.05) is 29.3 Å². The van der Waals surface area contributed by atoms with Crippen LogP contribution in [0.3, 0.4) is 0 Å². The van der Waals surface area contributed by atoms with Gasteiger partial charge in [-0.25, -0.2) is 4.79 Å². The number of likely N-dealkylation sites (tertiary alicyclic amines) is 1. The van der Waals surface area contributed by atoms with Gasteiger partial charge in [0.1, 0.15) is 5.54 Å². The molecule has 3 saturated heterocycles. The van der Waals surface area contributed by atoms with E-state index in [9.17, 15) is 19.5 Å². The average molecular weight is 512 g/mol. The molecule has 0 aliphatic carbocycles. The van der Waals surface area contributed by atoms with E-state index in [-0.39, 0.29) is 30.1 Å². The zero-order valence-corrected chi connectivity index (χ0v) is 20.8. The zero-order valence-electron chi connectivity index (χ0n) is 19.3. The molecule has 2 amide bonds. The third-order valence-corrected chi connectivity index (χ3v) is 8.46. The second-order valence-electron chi connectivity index (χ2n) is 9.47. The van der Waals surface area contributed by atoms with Gasteiger partial charge in [-0.15, -0.1) is 0 Å². The molecule has 34 heavy (non-hydrogen) atoms. The molecule has 0 saturated carbocycles. The summed E-state index contributed by atoms with van der Waals surface area (Å²) in [6.07, 6.45) is 1.37. The Morgan fingerprint density at radius 1 is 1.09 bits per heavy atom. The number of nitrogens with zero attached hydrogens (tertiary/aromatic N) is 2. The highest BCUT2D eigenvalue weighted by atomic mass is 35.5. The standard InChI is InChI=1S/C24H31Cl2N3O5/c1-28(23(32)33)24(14-27-13-18(24)17-2-3-19(25)20(26)12-17)21(30)15-4-8-29(9-5-15)22(31)16-6-10-34-11-7-16/h2-3,12,15-16,18,27H,4-11,13-14H2,1H3,(H,32,33)/t18-,24+/m0/s1. The van der Waals surface area contributed by atoms with Gasteiger partial charge in [-0.05, 0) is 43.4 Å². The smallest absolute Gasteiger partial charge is 0.407 e. The Morgan fingerprint density at radius 3 is 2.38 bits per heavy atom. The van der Waals surface area contributed by atoms with Crippen LogP contribution in [0.4, 0.5) is 4.79 Å². The summed E-state index contributed by atoms with van der Waals surface area (Å²) in [6, 6.07) is 5.20. The fourth-order valence-corrected chi connectivity index (χ4v) is 5.99. The average Bonchev–Trinajstić information content (AvgIpc) is 3.31. The van der Waals surface area contributed by atoms with E-state index >= 15 is 0 Å². The highest BCUT2D eigenvalue weighted by Gasteiger charge is 2.56. The maximum absolute atomic E-state index is 14.1. The quantitative estimate of drug-likeness (QED) is 0.629. The highest BCUT2D eigenvalue weighted by Crippen LogP contribution is 2.42. The van der Waals surface area contributed by atoms with E-state index in [2.05, 4.69) is 5.32 Å². The first-order valence-electron chi connectivity index (χ1n) is 11.8. The fraction of sp³-hybridized carbons (Fsp3) is 0.625. The summed E-state index contributed by atoms with van der Waals surface area (Å²) in [4.78, 5) is 42.1. The molecule has 2 N–H and O–H groups in total. The number of hydrogen-bond donors (Lipinski definition) is 2. The molecule has 3 aliphatic heterocycles. The summed E-state index contributed by atoms with van der Waals surface area (Å²) in [7, 11) is 1.46. The number of carbonyl (C=O) groups is 3. The number of piperidine rings is 1. The molecule has 0 spiro atoms. The van der Waals surface area contributed by atoms with Crippen molar-refractivity contribution in [2.45, 2.75) is 37.1 Å². The summed E-state index contributed by atoms with van der Waals surface area (Å²) in [5, 5.41) is 13.9. The van der Waals surface area contributed by atoms with Gasteiger partial charge in [0.25, 0.3) is 0 Å². The van der Waals surface area contributed by atoms with Crippen molar-refractivity contribution < 1.29 is 24.2 Å². The molecule has 3 aliphatic rings. The van der Waals surface area contributed by atoms with Gasteiger partial charge in [-0.2, -0.15) is 0 Å². The van der Waals surface area contributed by atoms with Crippen LogP contribution < -0.4 is 5.32 Å². The fourth-order valence-electron chi connectivity index (χ4n) is 5.69. The topological polar surface area (TPSA) is 99.2 Å². The van der Waals surface area contributed by atoms with Crippen LogP contribution in [0.1, 0.15) is 37.2 Å². The number of benzene rings is 1. The molecule has 3 fully saturated rings. The normalized spacial score (nSPS) is 26.4. The molecule has 4 rings (SSSR count). The van der Waals surface area contributed by atoms with Crippen molar-refractivity contribution in [3.63, 3.8) is 0 Å². The Morgan fingerprint density at radius 2 is 1.76 bits per heavy atom. The molecule has 10 heteroatoms. The molecule has 3 heterocycles. The van der Waals surface area contributed by atoms with Crippen molar-refractivity contribution in [3.05, 3.63) is 33.8 Å². The lowest BCUT2D eigenvalue weighted by Crippen LogP contribution is -2.62. The van der Waals surface area contributed by atoms with Gasteiger partial charge in [0.05, 0.1) is 10.0 Å². The van der Waals surface area contributed by atoms with E-state index in [1.165, 1.54) is 7.05 Å². The van der Waals surface area contributed by atoms with Crippen molar-refractivity contribution in [3.8, 4) is 0 Å². The number of rotatable bonds is 5. The Bertz CT molecular complexity index is 947. The molecular formula is C24H31Cl2N3O5. The molecule has 186 valence electrons. The van der Waals surface area contributed by atoms with Gasteiger partial charge in [0.15, 0.2) is 5.78 Å². The largest absolute Gasteiger partial charge is 0.465 e. The minimum atomic E-state index is -1.26. The number of Topliss-reactive ketones (excluding diaryl/α,β-unsaturated/α-hetero) is 1. The van der Waals surface area contributed by atoms with Crippen LogP contribution in [0.15, 0.2) is 18.2 Å². The van der Waals surface area contributed by atoms with Gasteiger partial charge in [0, 0.05) is 64.2 Å². The summed E-state index contributed by atoms with van der Waals surface area (Å²) in [6.45, 7) is 2.90. The van der Waals surface area contributed by atoms with Crippen molar-refractivity contribution in [2.75, 3.05) is 46.4 Å². The highest BCUT2D eigenvalue weighted by molar-refractivity contribution is 6.42. The van der Waals surface area contributed by atoms with Crippen LogP contribution in [0.5, 0.6) is 0 Å². The van der Waals surface area contributed by atoms with Gasteiger partial charge in [-0.3, -0.25) is 14.5 Å². The van der Waals surface area contributed by atoms with Crippen LogP contribution in [-0.4, -0.2) is 84.7 Å². The van der Waals surface area contributed by atoms with Gasteiger partial charge in [0.2, 0.25) is 5.91 Å². The monoisotopic (exact) mass is 511 g/mol. The van der Waals surface area contributed by atoms with Crippen LogP contribution >= 0.6 is 23.2 Å². The number of amides is 2. The molecule has 0 radical (unpaired) electrons. The summed E-state index contributed by atoms with van der Waals surface area (Å²) < 4.78 is 5.37. The predicted octanol–water partition coefficient (Wildman–Crippen LogP) is 3.26. The molecule has 2 atom stereocenters. The molecule has 0 unspecified atom stereocenters. The third kappa shape index (κ3) is 4.65. The molecule has 1 aromatic rings. The van der Waals surface area contributed by atoms with Crippen molar-refractivity contribution in [1.29, 1.82) is 0 Å². The SMILES string of the molecule is CN(C(=O)O)[C@]1(C(=O)C2CCN(C(=O)C3CCOCC3)CC2)CNC[C@H]1c1ccc(Cl)c(Cl)c1. The number of carbonyl (C=O) groups excluding carboxylic acids is 2. The van der Waals surface area contributed by atoms with Crippen LogP contribution in [0.25, 0.3) is 0 Å². The van der Waals surface area contributed by atoms with Crippen LogP contribution in [-0.2, 0) is 14.3 Å². The van der Waals surface area contributed by atoms with E-state index in [0.29, 0.717) is 55.7 Å². The third-order valence-electron chi connectivity index (χ3n) is 7.73. The summed E-state index contributed by atoms with van der Waals surface area (Å²) >= 11 is 12.3. The van der Waals surface area contributed by atoms with Gasteiger partial charge < -0.3 is 20.1 Å². The number of likely N-dealkylation sites (N-methyl/N-ethyl adjacent to an activating group) is 1. The van der Waals surface area contributed by atoms with Crippen molar-refractivity contribution >= 4 is 41.0 Å². The second kappa shape index (κ2) is 10.4. The van der Waals surface area contributed by atoms with E-state index in [4.69, 9.17) is 27.9 Å². The maximum Gasteiger partial charge on any atom is 0.407 e. The van der Waals surface area contributed by atoms with Crippen molar-refractivity contribution in [2.24, 2.45) is 11.8 Å². The Balaban J connectivity index is 1.54. The number of nitrogens with one attached hydrogen (secondary N) is 1. The van der Waals surface area contributed by atoms with Crippen molar-refractivity contribution in [1.82, 2.24) is 15.1 Å². The Kier molecular flexibility index (Phi) is 7.72.